The van der Waals surface area contributed by atoms with Crippen LogP contribution in [0.1, 0.15) is 32.6 Å². The normalized spacial score (nSPS) is 21.3. The van der Waals surface area contributed by atoms with Crippen molar-refractivity contribution < 1.29 is 9.53 Å². The lowest BCUT2D eigenvalue weighted by Gasteiger charge is -2.31. The highest BCUT2D eigenvalue weighted by Crippen LogP contribution is 2.33. The zero-order valence-electron chi connectivity index (χ0n) is 9.95. The van der Waals surface area contributed by atoms with Gasteiger partial charge in [0.1, 0.15) is 6.10 Å². The fourth-order valence-corrected chi connectivity index (χ4v) is 2.18. The number of carbonyl (C=O) groups excluding carboxylic acids is 1. The third-order valence-electron chi connectivity index (χ3n) is 3.10. The summed E-state index contributed by atoms with van der Waals surface area (Å²) in [6.45, 7) is 2.32. The lowest BCUT2D eigenvalue weighted by molar-refractivity contribution is -0.152. The van der Waals surface area contributed by atoms with Crippen molar-refractivity contribution in [3.63, 3.8) is 0 Å². The molecule has 88 valence electrons. The molecule has 0 spiro atoms. The predicted molar refractivity (Wildman–Crippen MR) is 59.5 cm³/mol. The highest BCUT2D eigenvalue weighted by atomic mass is 16.5. The Morgan fingerprint density at radius 3 is 2.40 bits per heavy atom. The molecule has 2 N–H and O–H groups in total. The zero-order chi connectivity index (χ0) is 11.5. The van der Waals surface area contributed by atoms with Crippen LogP contribution in [0.4, 0.5) is 0 Å². The van der Waals surface area contributed by atoms with Gasteiger partial charge in [0.25, 0.3) is 5.91 Å². The molecular weight excluding hydrogens is 192 g/mol. The summed E-state index contributed by atoms with van der Waals surface area (Å²) < 4.78 is 5.85. The molecule has 1 aliphatic carbocycles. The molecular formula is C11H22N2O2. The molecule has 1 rings (SSSR count). The number of ether oxygens (including phenoxy) is 1. The third-order valence-corrected chi connectivity index (χ3v) is 3.10. The van der Waals surface area contributed by atoms with Crippen LogP contribution < -0.4 is 5.73 Å². The third kappa shape index (κ3) is 2.92. The summed E-state index contributed by atoms with van der Waals surface area (Å²) in [4.78, 5) is 13.2. The van der Waals surface area contributed by atoms with Crippen LogP contribution in [0, 0.1) is 0 Å². The summed E-state index contributed by atoms with van der Waals surface area (Å²) in [7, 11) is 3.48. The minimum absolute atomic E-state index is 0.00900. The van der Waals surface area contributed by atoms with Crippen molar-refractivity contribution in [3.8, 4) is 0 Å². The van der Waals surface area contributed by atoms with E-state index in [0.29, 0.717) is 6.54 Å². The van der Waals surface area contributed by atoms with E-state index in [1.807, 2.05) is 0 Å². The number of nitrogens with zero attached hydrogens (tertiary/aromatic N) is 1. The van der Waals surface area contributed by atoms with Gasteiger partial charge in [-0.2, -0.15) is 0 Å². The van der Waals surface area contributed by atoms with E-state index >= 15 is 0 Å². The second kappa shape index (κ2) is 4.94. The maximum absolute atomic E-state index is 11.6. The fraction of sp³-hybridized carbons (Fsp3) is 0.909. The Bertz CT molecular complexity index is 223. The molecule has 1 unspecified atom stereocenters. The monoisotopic (exact) mass is 214 g/mol. The molecule has 0 radical (unpaired) electrons. The van der Waals surface area contributed by atoms with E-state index in [4.69, 9.17) is 10.5 Å². The Morgan fingerprint density at radius 1 is 1.47 bits per heavy atom. The van der Waals surface area contributed by atoms with Crippen LogP contribution in [0.2, 0.25) is 0 Å². The van der Waals surface area contributed by atoms with Crippen LogP contribution >= 0.6 is 0 Å². The maximum atomic E-state index is 11.6. The van der Waals surface area contributed by atoms with Crippen molar-refractivity contribution in [2.45, 2.75) is 44.3 Å². The van der Waals surface area contributed by atoms with Crippen molar-refractivity contribution in [3.05, 3.63) is 0 Å². The molecule has 1 fully saturated rings. The van der Waals surface area contributed by atoms with E-state index in [1.54, 1.807) is 25.9 Å². The predicted octanol–water partition coefficient (Wildman–Crippen LogP) is 0.751. The summed E-state index contributed by atoms with van der Waals surface area (Å²) in [6.07, 6.45) is 3.88. The number of amides is 1. The average Bonchev–Trinajstić information content (AvgIpc) is 2.65. The first kappa shape index (κ1) is 12.5. The molecule has 1 aliphatic rings. The minimum atomic E-state index is -0.387. The van der Waals surface area contributed by atoms with Gasteiger partial charge in [-0.1, -0.05) is 12.8 Å². The van der Waals surface area contributed by atoms with Gasteiger partial charge in [-0.05, 0) is 19.8 Å². The van der Waals surface area contributed by atoms with Gasteiger partial charge >= 0.3 is 0 Å². The quantitative estimate of drug-likeness (QED) is 0.751. The number of likely N-dealkylation sites (N-methyl/N-ethyl adjacent to an activating group) is 1. The van der Waals surface area contributed by atoms with Crippen molar-refractivity contribution >= 4 is 5.91 Å². The first-order valence-electron chi connectivity index (χ1n) is 5.60. The van der Waals surface area contributed by atoms with Gasteiger partial charge in [0.05, 0.1) is 5.60 Å². The van der Waals surface area contributed by atoms with Gasteiger partial charge in [0.15, 0.2) is 0 Å². The lowest BCUT2D eigenvalue weighted by atomic mass is 10.0. The zero-order valence-corrected chi connectivity index (χ0v) is 9.95. The van der Waals surface area contributed by atoms with Crippen molar-refractivity contribution in [2.24, 2.45) is 5.73 Å². The number of nitrogens with two attached hydrogens (primary N) is 1. The van der Waals surface area contributed by atoms with Gasteiger partial charge in [-0.3, -0.25) is 4.79 Å². The smallest absolute Gasteiger partial charge is 0.250 e. The lowest BCUT2D eigenvalue weighted by Crippen LogP contribution is -2.45. The fourth-order valence-electron chi connectivity index (χ4n) is 2.18. The first-order valence-corrected chi connectivity index (χ1v) is 5.60. The van der Waals surface area contributed by atoms with Crippen molar-refractivity contribution in [2.75, 3.05) is 20.6 Å². The second-order valence-corrected chi connectivity index (χ2v) is 4.59. The van der Waals surface area contributed by atoms with Crippen LogP contribution in [0.3, 0.4) is 0 Å². The van der Waals surface area contributed by atoms with Crippen LogP contribution in [0.15, 0.2) is 0 Å². The molecule has 0 aromatic carbocycles. The van der Waals surface area contributed by atoms with Gasteiger partial charge in [-0.25, -0.2) is 0 Å². The number of hydrogen-bond acceptors (Lipinski definition) is 3. The van der Waals surface area contributed by atoms with E-state index < -0.39 is 0 Å². The Hall–Kier alpha value is -0.610. The largest absolute Gasteiger partial charge is 0.361 e. The minimum Gasteiger partial charge on any atom is -0.361 e. The molecule has 4 heteroatoms. The Balaban J connectivity index is 2.55. The Morgan fingerprint density at radius 2 is 2.00 bits per heavy atom. The summed E-state index contributed by atoms with van der Waals surface area (Å²) in [5.41, 5.74) is 5.50. The van der Waals surface area contributed by atoms with E-state index in [-0.39, 0.29) is 17.6 Å². The van der Waals surface area contributed by atoms with Gasteiger partial charge < -0.3 is 15.4 Å². The van der Waals surface area contributed by atoms with Gasteiger partial charge in [0.2, 0.25) is 0 Å². The maximum Gasteiger partial charge on any atom is 0.250 e. The standard InChI is InChI=1S/C11H22N2O2/c1-9(10(14)13(2)3)15-11(8-12)6-4-5-7-11/h9H,4-8,12H2,1-3H3. The molecule has 1 atom stereocenters. The first-order chi connectivity index (χ1) is 7.01. The van der Waals surface area contributed by atoms with Crippen molar-refractivity contribution in [1.82, 2.24) is 4.90 Å². The number of hydrogen-bond donors (Lipinski definition) is 1. The molecule has 0 saturated heterocycles. The molecule has 0 aliphatic heterocycles. The highest BCUT2D eigenvalue weighted by Gasteiger charge is 2.36. The van der Waals surface area contributed by atoms with Crippen LogP contribution in [0.5, 0.6) is 0 Å². The number of rotatable bonds is 4. The van der Waals surface area contributed by atoms with Crippen LogP contribution in [0.25, 0.3) is 0 Å². The Labute approximate surface area is 91.8 Å². The van der Waals surface area contributed by atoms with Crippen LogP contribution in [-0.4, -0.2) is 43.2 Å². The molecule has 0 heterocycles. The molecule has 4 nitrogen and oxygen atoms in total. The molecule has 15 heavy (non-hydrogen) atoms. The highest BCUT2D eigenvalue weighted by molar-refractivity contribution is 5.80. The second-order valence-electron chi connectivity index (χ2n) is 4.59. The molecule has 1 amide bonds. The van der Waals surface area contributed by atoms with E-state index in [2.05, 4.69) is 0 Å². The Kier molecular flexibility index (Phi) is 4.11. The van der Waals surface area contributed by atoms with Gasteiger partial charge in [-0.15, -0.1) is 0 Å². The van der Waals surface area contributed by atoms with Crippen LogP contribution in [-0.2, 0) is 9.53 Å². The van der Waals surface area contributed by atoms with E-state index in [1.165, 1.54) is 0 Å². The SMILES string of the molecule is CC(OC1(CN)CCCC1)C(=O)N(C)C. The summed E-state index contributed by atoms with van der Waals surface area (Å²) in [5.74, 6) is 0.00900. The summed E-state index contributed by atoms with van der Waals surface area (Å²) in [6, 6.07) is 0. The molecule has 1 saturated carbocycles. The topological polar surface area (TPSA) is 55.6 Å². The van der Waals surface area contributed by atoms with E-state index in [9.17, 15) is 4.79 Å². The average molecular weight is 214 g/mol. The van der Waals surface area contributed by atoms with Gasteiger partial charge in [0, 0.05) is 20.6 Å². The molecule has 0 bridgehead atoms. The molecule has 0 aromatic rings. The van der Waals surface area contributed by atoms with E-state index in [0.717, 1.165) is 25.7 Å². The summed E-state index contributed by atoms with van der Waals surface area (Å²) >= 11 is 0. The number of carbonyl (C=O) groups is 1. The summed E-state index contributed by atoms with van der Waals surface area (Å²) in [5, 5.41) is 0. The molecule has 0 aromatic heterocycles. The van der Waals surface area contributed by atoms with Crippen molar-refractivity contribution in [1.29, 1.82) is 0 Å².